The molecule has 0 spiro atoms. The minimum Gasteiger partial charge on any atom is -0.496 e. The lowest BCUT2D eigenvalue weighted by Gasteiger charge is -2.25. The van der Waals surface area contributed by atoms with Crippen molar-refractivity contribution in [2.45, 2.75) is 32.2 Å². The third-order valence-corrected chi connectivity index (χ3v) is 3.08. The fourth-order valence-corrected chi connectivity index (χ4v) is 2.31. The molecule has 1 aromatic rings. The van der Waals surface area contributed by atoms with Crippen molar-refractivity contribution < 1.29 is 4.74 Å². The van der Waals surface area contributed by atoms with E-state index in [9.17, 15) is 0 Å². The van der Waals surface area contributed by atoms with Crippen LogP contribution in [-0.2, 0) is 6.42 Å². The number of rotatable bonds is 1. The molecule has 0 fully saturated rings. The number of aryl methyl sites for hydroxylation is 1. The van der Waals surface area contributed by atoms with Crippen molar-refractivity contribution in [2.24, 2.45) is 5.73 Å². The molecule has 2 nitrogen and oxygen atoms in total. The van der Waals surface area contributed by atoms with E-state index in [1.807, 2.05) is 6.07 Å². The lowest BCUT2D eigenvalue weighted by atomic mass is 9.85. The SMILES string of the molecule is COc1ccc(C)c2c1[C@@H](N)CCC2. The van der Waals surface area contributed by atoms with E-state index in [1.54, 1.807) is 7.11 Å². The van der Waals surface area contributed by atoms with Gasteiger partial charge in [-0.3, -0.25) is 0 Å². The summed E-state index contributed by atoms with van der Waals surface area (Å²) >= 11 is 0. The van der Waals surface area contributed by atoms with Crippen LogP contribution >= 0.6 is 0 Å². The molecule has 2 heteroatoms. The first kappa shape index (κ1) is 9.53. The van der Waals surface area contributed by atoms with E-state index >= 15 is 0 Å². The van der Waals surface area contributed by atoms with Crippen LogP contribution in [0.5, 0.6) is 5.75 Å². The first-order chi connectivity index (χ1) is 6.74. The van der Waals surface area contributed by atoms with Crippen molar-refractivity contribution in [1.82, 2.24) is 0 Å². The molecule has 76 valence electrons. The highest BCUT2D eigenvalue weighted by Gasteiger charge is 2.21. The molecular weight excluding hydrogens is 174 g/mol. The van der Waals surface area contributed by atoms with Gasteiger partial charge >= 0.3 is 0 Å². The standard InChI is InChI=1S/C12H17NO/c1-8-6-7-11(14-2)12-9(8)4-3-5-10(12)13/h6-7,10H,3-5,13H2,1-2H3/t10-/m0/s1. The van der Waals surface area contributed by atoms with Gasteiger partial charge in [-0.2, -0.15) is 0 Å². The van der Waals surface area contributed by atoms with Gasteiger partial charge < -0.3 is 10.5 Å². The molecule has 2 rings (SSSR count). The molecule has 0 aliphatic heterocycles. The Kier molecular flexibility index (Phi) is 2.46. The second-order valence-electron chi connectivity index (χ2n) is 3.98. The molecule has 0 heterocycles. The monoisotopic (exact) mass is 191 g/mol. The van der Waals surface area contributed by atoms with Crippen LogP contribution in [0.1, 0.15) is 35.6 Å². The Hall–Kier alpha value is -1.02. The van der Waals surface area contributed by atoms with Crippen LogP contribution in [0, 0.1) is 6.92 Å². The summed E-state index contributed by atoms with van der Waals surface area (Å²) < 4.78 is 5.36. The normalized spacial score (nSPS) is 20.4. The summed E-state index contributed by atoms with van der Waals surface area (Å²) in [5.41, 5.74) is 10.1. The summed E-state index contributed by atoms with van der Waals surface area (Å²) in [7, 11) is 1.71. The minimum atomic E-state index is 0.161. The van der Waals surface area contributed by atoms with Gasteiger partial charge in [0.1, 0.15) is 5.75 Å². The molecule has 0 bridgehead atoms. The molecule has 0 amide bonds. The van der Waals surface area contributed by atoms with E-state index in [4.69, 9.17) is 10.5 Å². The average molecular weight is 191 g/mol. The van der Waals surface area contributed by atoms with E-state index in [2.05, 4.69) is 13.0 Å². The molecule has 1 aromatic carbocycles. The van der Waals surface area contributed by atoms with Crippen LogP contribution in [-0.4, -0.2) is 7.11 Å². The number of ether oxygens (including phenoxy) is 1. The predicted molar refractivity (Wildman–Crippen MR) is 57.6 cm³/mol. The van der Waals surface area contributed by atoms with Crippen LogP contribution in [0.3, 0.4) is 0 Å². The fraction of sp³-hybridized carbons (Fsp3) is 0.500. The first-order valence-corrected chi connectivity index (χ1v) is 5.16. The summed E-state index contributed by atoms with van der Waals surface area (Å²) in [6.45, 7) is 2.15. The van der Waals surface area contributed by atoms with E-state index in [0.29, 0.717) is 0 Å². The zero-order valence-corrected chi connectivity index (χ0v) is 8.84. The lowest BCUT2D eigenvalue weighted by molar-refractivity contribution is 0.398. The first-order valence-electron chi connectivity index (χ1n) is 5.16. The molecule has 0 radical (unpaired) electrons. The summed E-state index contributed by atoms with van der Waals surface area (Å²) in [6, 6.07) is 4.31. The Morgan fingerprint density at radius 3 is 2.93 bits per heavy atom. The van der Waals surface area contributed by atoms with Gasteiger partial charge in [-0.15, -0.1) is 0 Å². The third-order valence-electron chi connectivity index (χ3n) is 3.08. The minimum absolute atomic E-state index is 0.161. The Labute approximate surface area is 85.1 Å². The summed E-state index contributed by atoms with van der Waals surface area (Å²) in [5, 5.41) is 0. The molecule has 0 saturated heterocycles. The molecule has 1 atom stereocenters. The number of hydrogen-bond acceptors (Lipinski definition) is 2. The van der Waals surface area contributed by atoms with Crippen LogP contribution in [0.2, 0.25) is 0 Å². The fourth-order valence-electron chi connectivity index (χ4n) is 2.31. The largest absolute Gasteiger partial charge is 0.496 e. The van der Waals surface area contributed by atoms with Crippen molar-refractivity contribution in [3.63, 3.8) is 0 Å². The van der Waals surface area contributed by atoms with Crippen LogP contribution in [0.25, 0.3) is 0 Å². The van der Waals surface area contributed by atoms with Gasteiger partial charge in [-0.1, -0.05) is 6.07 Å². The highest BCUT2D eigenvalue weighted by molar-refractivity contribution is 5.47. The Morgan fingerprint density at radius 1 is 1.43 bits per heavy atom. The summed E-state index contributed by atoms with van der Waals surface area (Å²) in [4.78, 5) is 0. The molecule has 0 saturated carbocycles. The topological polar surface area (TPSA) is 35.2 Å². The van der Waals surface area contributed by atoms with E-state index in [-0.39, 0.29) is 6.04 Å². The van der Waals surface area contributed by atoms with Crippen molar-refractivity contribution in [3.05, 3.63) is 28.8 Å². The predicted octanol–water partition coefficient (Wildman–Crippen LogP) is 2.34. The maximum Gasteiger partial charge on any atom is 0.123 e. The zero-order valence-electron chi connectivity index (χ0n) is 8.84. The quantitative estimate of drug-likeness (QED) is 0.739. The second kappa shape index (κ2) is 3.62. The highest BCUT2D eigenvalue weighted by atomic mass is 16.5. The number of hydrogen-bond donors (Lipinski definition) is 1. The molecule has 0 aromatic heterocycles. The second-order valence-corrected chi connectivity index (χ2v) is 3.98. The Balaban J connectivity index is 2.58. The van der Waals surface area contributed by atoms with Gasteiger partial charge in [0.05, 0.1) is 7.11 Å². The Bertz CT molecular complexity index is 346. The van der Waals surface area contributed by atoms with E-state index in [1.165, 1.54) is 23.1 Å². The zero-order chi connectivity index (χ0) is 10.1. The maximum atomic E-state index is 6.11. The number of fused-ring (bicyclic) bond motifs is 1. The van der Waals surface area contributed by atoms with Crippen molar-refractivity contribution >= 4 is 0 Å². The lowest BCUT2D eigenvalue weighted by Crippen LogP contribution is -2.19. The summed E-state index contributed by atoms with van der Waals surface area (Å²) in [6.07, 6.45) is 3.42. The third kappa shape index (κ3) is 1.40. The molecule has 2 N–H and O–H groups in total. The molecular formula is C12H17NO. The van der Waals surface area contributed by atoms with Gasteiger partial charge in [-0.05, 0) is 43.4 Å². The van der Waals surface area contributed by atoms with Gasteiger partial charge in [0.2, 0.25) is 0 Å². The maximum absolute atomic E-state index is 6.11. The van der Waals surface area contributed by atoms with Crippen LogP contribution in [0.4, 0.5) is 0 Å². The van der Waals surface area contributed by atoms with Crippen molar-refractivity contribution in [1.29, 1.82) is 0 Å². The van der Waals surface area contributed by atoms with E-state index in [0.717, 1.165) is 18.6 Å². The molecule has 0 unspecified atom stereocenters. The Morgan fingerprint density at radius 2 is 2.21 bits per heavy atom. The molecule has 1 aliphatic rings. The van der Waals surface area contributed by atoms with Gasteiger partial charge in [-0.25, -0.2) is 0 Å². The van der Waals surface area contributed by atoms with Crippen LogP contribution in [0.15, 0.2) is 12.1 Å². The van der Waals surface area contributed by atoms with Crippen molar-refractivity contribution in [2.75, 3.05) is 7.11 Å². The molecule has 1 aliphatic carbocycles. The number of methoxy groups -OCH3 is 1. The van der Waals surface area contributed by atoms with Gasteiger partial charge in [0, 0.05) is 11.6 Å². The number of nitrogens with two attached hydrogens (primary N) is 1. The summed E-state index contributed by atoms with van der Waals surface area (Å²) in [5.74, 6) is 0.956. The van der Waals surface area contributed by atoms with Gasteiger partial charge in [0.25, 0.3) is 0 Å². The van der Waals surface area contributed by atoms with Crippen molar-refractivity contribution in [3.8, 4) is 5.75 Å². The molecule has 14 heavy (non-hydrogen) atoms. The smallest absolute Gasteiger partial charge is 0.123 e. The van der Waals surface area contributed by atoms with Crippen LogP contribution < -0.4 is 10.5 Å². The van der Waals surface area contributed by atoms with Gasteiger partial charge in [0.15, 0.2) is 0 Å². The highest BCUT2D eigenvalue weighted by Crippen LogP contribution is 2.36. The number of benzene rings is 1. The average Bonchev–Trinajstić information content (AvgIpc) is 2.20. The van der Waals surface area contributed by atoms with E-state index < -0.39 is 0 Å².